The first-order valence-corrected chi connectivity index (χ1v) is 5.07. The van der Waals surface area contributed by atoms with Gasteiger partial charge in [-0.15, -0.1) is 0 Å². The lowest BCUT2D eigenvalue weighted by Gasteiger charge is -2.22. The summed E-state index contributed by atoms with van der Waals surface area (Å²) in [5.74, 6) is 1.16. The molecule has 0 saturated carbocycles. The Hall–Kier alpha value is -0.530. The summed E-state index contributed by atoms with van der Waals surface area (Å²) >= 11 is 0. The molecule has 12 heavy (non-hydrogen) atoms. The fraction of sp³-hybridized carbons (Fsp3) is 0.900. The molecule has 68 valence electrons. The van der Waals surface area contributed by atoms with Crippen LogP contribution < -0.4 is 0 Å². The predicted octanol–water partition coefficient (Wildman–Crippen LogP) is 1.80. The molecule has 2 aliphatic heterocycles. The molecule has 0 aromatic carbocycles. The van der Waals surface area contributed by atoms with Crippen LogP contribution in [0.5, 0.6) is 0 Å². The van der Waals surface area contributed by atoms with E-state index in [0.717, 1.165) is 25.3 Å². The highest BCUT2D eigenvalue weighted by Gasteiger charge is 2.32. The van der Waals surface area contributed by atoms with Gasteiger partial charge in [-0.3, -0.25) is 4.79 Å². The van der Waals surface area contributed by atoms with Crippen molar-refractivity contribution in [2.45, 2.75) is 45.1 Å². The van der Waals surface area contributed by atoms with E-state index in [1.807, 2.05) is 0 Å². The Morgan fingerprint density at radius 3 is 3.08 bits per heavy atom. The van der Waals surface area contributed by atoms with E-state index in [2.05, 4.69) is 11.8 Å². The number of amides is 1. The van der Waals surface area contributed by atoms with E-state index in [1.54, 1.807) is 0 Å². The highest BCUT2D eigenvalue weighted by molar-refractivity contribution is 5.77. The highest BCUT2D eigenvalue weighted by Crippen LogP contribution is 2.29. The zero-order chi connectivity index (χ0) is 8.55. The lowest BCUT2D eigenvalue weighted by Crippen LogP contribution is -2.33. The summed E-state index contributed by atoms with van der Waals surface area (Å²) in [7, 11) is 0. The minimum Gasteiger partial charge on any atom is -0.340 e. The van der Waals surface area contributed by atoms with Crippen molar-refractivity contribution in [3.63, 3.8) is 0 Å². The van der Waals surface area contributed by atoms with Crippen molar-refractivity contribution in [1.29, 1.82) is 0 Å². The van der Waals surface area contributed by atoms with Crippen LogP contribution in [0.4, 0.5) is 0 Å². The molecule has 2 saturated heterocycles. The Balaban J connectivity index is 2.10. The third-order valence-electron chi connectivity index (χ3n) is 3.22. The first-order valence-electron chi connectivity index (χ1n) is 5.07. The van der Waals surface area contributed by atoms with Gasteiger partial charge < -0.3 is 4.90 Å². The van der Waals surface area contributed by atoms with Crippen molar-refractivity contribution in [2.24, 2.45) is 5.92 Å². The van der Waals surface area contributed by atoms with E-state index >= 15 is 0 Å². The zero-order valence-electron chi connectivity index (χ0n) is 7.75. The standard InChI is InChI=1S/C10H17NO/c1-8-4-5-10(12)11-6-2-3-9(11)7-8/h8-9H,2-7H2,1H3. The average molecular weight is 167 g/mol. The Morgan fingerprint density at radius 2 is 2.25 bits per heavy atom. The summed E-state index contributed by atoms with van der Waals surface area (Å²) in [4.78, 5) is 13.7. The molecule has 0 aromatic heterocycles. The summed E-state index contributed by atoms with van der Waals surface area (Å²) in [5.41, 5.74) is 0. The fourth-order valence-corrected chi connectivity index (χ4v) is 2.50. The maximum atomic E-state index is 11.6. The van der Waals surface area contributed by atoms with E-state index < -0.39 is 0 Å². The van der Waals surface area contributed by atoms with Gasteiger partial charge in [0.1, 0.15) is 0 Å². The van der Waals surface area contributed by atoms with Gasteiger partial charge in [0, 0.05) is 19.0 Å². The number of nitrogens with zero attached hydrogens (tertiary/aromatic N) is 1. The number of hydrogen-bond donors (Lipinski definition) is 0. The summed E-state index contributed by atoms with van der Waals surface area (Å²) in [5, 5.41) is 0. The maximum absolute atomic E-state index is 11.6. The molecule has 2 unspecified atom stereocenters. The van der Waals surface area contributed by atoms with Crippen LogP contribution >= 0.6 is 0 Å². The number of fused-ring (bicyclic) bond motifs is 1. The van der Waals surface area contributed by atoms with E-state index in [9.17, 15) is 4.79 Å². The summed E-state index contributed by atoms with van der Waals surface area (Å²) in [6.07, 6.45) is 5.61. The molecule has 2 atom stereocenters. The van der Waals surface area contributed by atoms with Crippen molar-refractivity contribution in [3.8, 4) is 0 Å². The van der Waals surface area contributed by atoms with Crippen LogP contribution in [0.1, 0.15) is 39.0 Å². The predicted molar refractivity (Wildman–Crippen MR) is 47.8 cm³/mol. The molecule has 2 heteroatoms. The number of rotatable bonds is 0. The summed E-state index contributed by atoms with van der Waals surface area (Å²) < 4.78 is 0. The number of carbonyl (C=O) groups is 1. The van der Waals surface area contributed by atoms with Crippen LogP contribution in [0.3, 0.4) is 0 Å². The van der Waals surface area contributed by atoms with E-state index in [1.165, 1.54) is 19.3 Å². The van der Waals surface area contributed by atoms with Gasteiger partial charge in [-0.1, -0.05) is 6.92 Å². The molecule has 0 aromatic rings. The number of hydrogen-bond acceptors (Lipinski definition) is 1. The molecule has 0 radical (unpaired) electrons. The van der Waals surface area contributed by atoms with Gasteiger partial charge in [0.25, 0.3) is 0 Å². The molecule has 2 rings (SSSR count). The second kappa shape index (κ2) is 3.08. The Bertz CT molecular complexity index is 190. The van der Waals surface area contributed by atoms with E-state index in [-0.39, 0.29) is 0 Å². The molecule has 2 nitrogen and oxygen atoms in total. The van der Waals surface area contributed by atoms with Crippen LogP contribution in [0.25, 0.3) is 0 Å². The Morgan fingerprint density at radius 1 is 1.42 bits per heavy atom. The van der Waals surface area contributed by atoms with E-state index in [4.69, 9.17) is 0 Å². The number of carbonyl (C=O) groups excluding carboxylic acids is 1. The first kappa shape index (κ1) is 8.09. The molecule has 2 aliphatic rings. The van der Waals surface area contributed by atoms with E-state index in [0.29, 0.717) is 11.9 Å². The zero-order valence-corrected chi connectivity index (χ0v) is 7.75. The Labute approximate surface area is 73.9 Å². The molecule has 0 aliphatic carbocycles. The lowest BCUT2D eigenvalue weighted by molar-refractivity contribution is -0.131. The second-order valence-electron chi connectivity index (χ2n) is 4.26. The van der Waals surface area contributed by atoms with Gasteiger partial charge in [-0.25, -0.2) is 0 Å². The van der Waals surface area contributed by atoms with Crippen molar-refractivity contribution < 1.29 is 4.79 Å². The molecule has 2 fully saturated rings. The molecule has 2 heterocycles. The lowest BCUT2D eigenvalue weighted by atomic mass is 9.98. The van der Waals surface area contributed by atoms with Gasteiger partial charge >= 0.3 is 0 Å². The smallest absolute Gasteiger partial charge is 0.222 e. The first-order chi connectivity index (χ1) is 5.77. The Kier molecular flexibility index (Phi) is 2.07. The monoisotopic (exact) mass is 167 g/mol. The largest absolute Gasteiger partial charge is 0.340 e. The quantitative estimate of drug-likeness (QED) is 0.538. The van der Waals surface area contributed by atoms with Gasteiger partial charge in [0.05, 0.1) is 0 Å². The minimum absolute atomic E-state index is 0.404. The molecule has 1 amide bonds. The van der Waals surface area contributed by atoms with Crippen LogP contribution in [-0.4, -0.2) is 23.4 Å². The normalized spacial score (nSPS) is 36.4. The topological polar surface area (TPSA) is 20.3 Å². The molecular formula is C10H17NO. The van der Waals surface area contributed by atoms with Crippen LogP contribution in [0.15, 0.2) is 0 Å². The fourth-order valence-electron chi connectivity index (χ4n) is 2.50. The van der Waals surface area contributed by atoms with Gasteiger partial charge in [-0.2, -0.15) is 0 Å². The van der Waals surface area contributed by atoms with Crippen molar-refractivity contribution in [2.75, 3.05) is 6.54 Å². The molecule has 0 bridgehead atoms. The minimum atomic E-state index is 0.404. The van der Waals surface area contributed by atoms with Crippen LogP contribution in [0.2, 0.25) is 0 Å². The summed E-state index contributed by atoms with van der Waals surface area (Å²) in [6, 6.07) is 0.593. The molecular weight excluding hydrogens is 150 g/mol. The summed E-state index contributed by atoms with van der Waals surface area (Å²) in [6.45, 7) is 3.30. The van der Waals surface area contributed by atoms with Gasteiger partial charge in [0.15, 0.2) is 0 Å². The second-order valence-corrected chi connectivity index (χ2v) is 4.26. The van der Waals surface area contributed by atoms with Gasteiger partial charge in [-0.05, 0) is 31.6 Å². The molecule has 0 spiro atoms. The molecule has 0 N–H and O–H groups in total. The van der Waals surface area contributed by atoms with Crippen molar-refractivity contribution in [3.05, 3.63) is 0 Å². The van der Waals surface area contributed by atoms with Gasteiger partial charge in [0.2, 0.25) is 5.91 Å². The maximum Gasteiger partial charge on any atom is 0.222 e. The van der Waals surface area contributed by atoms with Crippen molar-refractivity contribution in [1.82, 2.24) is 4.90 Å². The SMILES string of the molecule is CC1CCC(=O)N2CCCC2C1. The third-order valence-corrected chi connectivity index (χ3v) is 3.22. The van der Waals surface area contributed by atoms with Crippen LogP contribution in [0, 0.1) is 5.92 Å². The average Bonchev–Trinajstić information content (AvgIpc) is 2.44. The van der Waals surface area contributed by atoms with Crippen molar-refractivity contribution >= 4 is 5.91 Å². The van der Waals surface area contributed by atoms with Crippen LogP contribution in [-0.2, 0) is 4.79 Å². The highest BCUT2D eigenvalue weighted by atomic mass is 16.2. The third kappa shape index (κ3) is 1.35.